The Balaban J connectivity index is 5.73. The van der Waals surface area contributed by atoms with Crippen LogP contribution in [-0.2, 0) is 38.2 Å². The molecule has 14 nitrogen and oxygen atoms in total. The second kappa shape index (κ2) is 31.5. The Morgan fingerprint density at radius 1 is 0.577 bits per heavy atom. The number of nitrogens with two attached hydrogens (primary N) is 3. The van der Waals surface area contributed by atoms with Gasteiger partial charge in [0.1, 0.15) is 30.9 Å². The Hall–Kier alpha value is -3.07. The van der Waals surface area contributed by atoms with E-state index in [4.69, 9.17) is 31.4 Å². The van der Waals surface area contributed by atoms with Crippen molar-refractivity contribution in [1.29, 1.82) is 0 Å². The van der Waals surface area contributed by atoms with Crippen LogP contribution >= 0.6 is 0 Å². The van der Waals surface area contributed by atoms with Gasteiger partial charge in [0.2, 0.25) is 0 Å². The van der Waals surface area contributed by atoms with Crippen molar-refractivity contribution in [1.82, 2.24) is 5.32 Å². The lowest BCUT2D eigenvalue weighted by Gasteiger charge is -2.41. The molecule has 52 heavy (non-hydrogen) atoms. The molecule has 9 N–H and O–H groups in total. The summed E-state index contributed by atoms with van der Waals surface area (Å²) in [6, 6.07) is 0. The predicted molar refractivity (Wildman–Crippen MR) is 200 cm³/mol. The number of carbonyl (C=O) groups excluding carboxylic acids is 3. The maximum atomic E-state index is 13.0. The summed E-state index contributed by atoms with van der Waals surface area (Å²) in [7, 11) is 0. The summed E-state index contributed by atoms with van der Waals surface area (Å²) in [6.45, 7) is 1.18. The van der Waals surface area contributed by atoms with E-state index in [0.717, 1.165) is 38.5 Å². The molecule has 0 spiro atoms. The topological polar surface area (TPSA) is 244 Å². The number of nitrogens with one attached hydrogen (secondary N) is 1. The zero-order valence-corrected chi connectivity index (χ0v) is 31.8. The molecule has 302 valence electrons. The van der Waals surface area contributed by atoms with Crippen LogP contribution in [0.5, 0.6) is 0 Å². The zero-order valence-electron chi connectivity index (χ0n) is 31.8. The van der Waals surface area contributed by atoms with Crippen molar-refractivity contribution >= 4 is 29.8 Å². The van der Waals surface area contributed by atoms with Gasteiger partial charge in [-0.05, 0) is 71.0 Å². The maximum absolute atomic E-state index is 13.0. The number of ether oxygens (including phenoxy) is 3. The van der Waals surface area contributed by atoms with Crippen molar-refractivity contribution in [3.05, 3.63) is 12.2 Å². The number of hydrogen-bond acceptors (Lipinski definition) is 12. The summed E-state index contributed by atoms with van der Waals surface area (Å²) in [6.07, 6.45) is 19.3. The van der Waals surface area contributed by atoms with Crippen molar-refractivity contribution in [3.63, 3.8) is 0 Å². The lowest BCUT2D eigenvalue weighted by atomic mass is 9.84. The number of carbonyl (C=O) groups is 5. The Labute approximate surface area is 311 Å². The van der Waals surface area contributed by atoms with Crippen LogP contribution in [0.3, 0.4) is 0 Å². The van der Waals surface area contributed by atoms with Crippen LogP contribution in [0.2, 0.25) is 0 Å². The van der Waals surface area contributed by atoms with E-state index in [1.54, 1.807) is 0 Å². The van der Waals surface area contributed by atoms with Gasteiger partial charge in [0, 0.05) is 19.3 Å². The van der Waals surface area contributed by atoms with Gasteiger partial charge < -0.3 is 41.6 Å². The Kier molecular flexibility index (Phi) is 29.6. The minimum Gasteiger partial charge on any atom is -0.481 e. The summed E-state index contributed by atoms with van der Waals surface area (Å²) in [5.74, 6) is -4.81. The quantitative estimate of drug-likeness (QED) is 0.0217. The van der Waals surface area contributed by atoms with Crippen molar-refractivity contribution in [3.8, 4) is 0 Å². The predicted octanol–water partition coefficient (Wildman–Crippen LogP) is 4.89. The summed E-state index contributed by atoms with van der Waals surface area (Å²) in [5.41, 5.74) is 12.7. The largest absolute Gasteiger partial charge is 0.481 e. The number of esters is 3. The molecule has 0 aromatic carbocycles. The van der Waals surface area contributed by atoms with Crippen molar-refractivity contribution in [2.24, 2.45) is 17.2 Å². The van der Waals surface area contributed by atoms with Gasteiger partial charge in [-0.2, -0.15) is 0 Å². The van der Waals surface area contributed by atoms with Crippen LogP contribution in [0.25, 0.3) is 0 Å². The minimum atomic E-state index is -2.08. The van der Waals surface area contributed by atoms with Crippen LogP contribution < -0.4 is 22.5 Å². The van der Waals surface area contributed by atoms with Gasteiger partial charge in [-0.3, -0.25) is 29.3 Å². The third-order valence-electron chi connectivity index (χ3n) is 8.77. The standard InChI is InChI=1S/C38H70N4O10/c1-2-3-4-5-6-7-8-9-10-11-12-13-14-15-16-17-24-38(36(48)49,28-32(43)44)42-37(29-50-33(45)21-18-25-39,30-51-34(46)22-19-26-40)31-52-35(47)23-20-27-41/h9-10,42H,2-8,11-31,39-41H2,1H3,(H,43,44)(H,48,49). The van der Waals surface area contributed by atoms with E-state index in [0.29, 0.717) is 32.1 Å². The summed E-state index contributed by atoms with van der Waals surface area (Å²) in [4.78, 5) is 62.8. The van der Waals surface area contributed by atoms with Crippen LogP contribution in [0, 0.1) is 0 Å². The first-order valence-electron chi connectivity index (χ1n) is 19.5. The zero-order chi connectivity index (χ0) is 38.9. The highest BCUT2D eigenvalue weighted by Gasteiger charge is 2.49. The average Bonchev–Trinajstić information content (AvgIpc) is 3.12. The van der Waals surface area contributed by atoms with Crippen LogP contribution in [0.15, 0.2) is 12.2 Å². The maximum Gasteiger partial charge on any atom is 0.324 e. The normalized spacial score (nSPS) is 12.8. The van der Waals surface area contributed by atoms with Crippen molar-refractivity contribution in [2.75, 3.05) is 39.5 Å². The van der Waals surface area contributed by atoms with Gasteiger partial charge in [0.15, 0.2) is 0 Å². The van der Waals surface area contributed by atoms with E-state index in [1.807, 2.05) is 0 Å². The third-order valence-corrected chi connectivity index (χ3v) is 8.77. The van der Waals surface area contributed by atoms with E-state index < -0.39 is 67.2 Å². The molecule has 14 heteroatoms. The first-order chi connectivity index (χ1) is 25.0. The highest BCUT2D eigenvalue weighted by molar-refractivity contribution is 5.85. The molecule has 0 aromatic rings. The highest BCUT2D eigenvalue weighted by atomic mass is 16.6. The monoisotopic (exact) mass is 743 g/mol. The number of hydrogen-bond donors (Lipinski definition) is 6. The molecular formula is C38H70N4O10. The average molecular weight is 743 g/mol. The van der Waals surface area contributed by atoms with Crippen molar-refractivity contribution < 1.29 is 48.4 Å². The molecule has 0 aliphatic heterocycles. The molecule has 1 unspecified atom stereocenters. The molecular weight excluding hydrogens is 672 g/mol. The van der Waals surface area contributed by atoms with Gasteiger partial charge in [-0.15, -0.1) is 0 Å². The molecule has 0 aliphatic carbocycles. The second-order valence-electron chi connectivity index (χ2n) is 13.7. The summed E-state index contributed by atoms with van der Waals surface area (Å²) in [5, 5.41) is 23.3. The molecule has 0 aromatic heterocycles. The van der Waals surface area contributed by atoms with Gasteiger partial charge in [-0.1, -0.05) is 83.3 Å². The fraction of sp³-hybridized carbons (Fsp3) is 0.816. The molecule has 0 amide bonds. The number of carboxylic acid groups (broad SMARTS) is 2. The number of aliphatic carboxylic acids is 2. The van der Waals surface area contributed by atoms with Crippen LogP contribution in [0.4, 0.5) is 0 Å². The second-order valence-corrected chi connectivity index (χ2v) is 13.7. The number of unbranched alkanes of at least 4 members (excludes halogenated alkanes) is 12. The van der Waals surface area contributed by atoms with Crippen LogP contribution in [0.1, 0.15) is 148 Å². The van der Waals surface area contributed by atoms with E-state index in [9.17, 15) is 34.2 Å². The summed E-state index contributed by atoms with van der Waals surface area (Å²) < 4.78 is 16.4. The molecule has 0 saturated heterocycles. The van der Waals surface area contributed by atoms with E-state index in [-0.39, 0.29) is 45.3 Å². The van der Waals surface area contributed by atoms with E-state index >= 15 is 0 Å². The number of carboxylic acids is 2. The lowest BCUT2D eigenvalue weighted by molar-refractivity contribution is -0.163. The minimum absolute atomic E-state index is 0.0339. The SMILES string of the molecule is CCCCCCCCC=CCCCCCCCCC(CC(=O)O)(NC(COC(=O)CCCN)(COC(=O)CCCN)COC(=O)CCCN)C(=O)O. The molecule has 0 bridgehead atoms. The molecule has 0 fully saturated rings. The van der Waals surface area contributed by atoms with Gasteiger partial charge in [0.05, 0.1) is 6.42 Å². The molecule has 0 heterocycles. The molecule has 0 aliphatic rings. The van der Waals surface area contributed by atoms with E-state index in [1.165, 1.54) is 38.5 Å². The third kappa shape index (κ3) is 25.0. The highest BCUT2D eigenvalue weighted by Crippen LogP contribution is 2.26. The molecule has 0 rings (SSSR count). The fourth-order valence-electron chi connectivity index (χ4n) is 5.72. The Morgan fingerprint density at radius 2 is 0.962 bits per heavy atom. The first-order valence-corrected chi connectivity index (χ1v) is 19.5. The summed E-state index contributed by atoms with van der Waals surface area (Å²) >= 11 is 0. The lowest BCUT2D eigenvalue weighted by Crippen LogP contribution is -2.68. The van der Waals surface area contributed by atoms with Crippen LogP contribution in [-0.4, -0.2) is 90.6 Å². The molecule has 0 radical (unpaired) electrons. The smallest absolute Gasteiger partial charge is 0.324 e. The van der Waals surface area contributed by atoms with E-state index in [2.05, 4.69) is 24.4 Å². The van der Waals surface area contributed by atoms with Crippen molar-refractivity contribution in [2.45, 2.75) is 159 Å². The fourth-order valence-corrected chi connectivity index (χ4v) is 5.72. The molecule has 0 saturated carbocycles. The van der Waals surface area contributed by atoms with Gasteiger partial charge in [-0.25, -0.2) is 0 Å². The Morgan fingerprint density at radius 3 is 1.33 bits per heavy atom. The van der Waals surface area contributed by atoms with Gasteiger partial charge in [0.25, 0.3) is 0 Å². The first kappa shape index (κ1) is 48.9. The van der Waals surface area contributed by atoms with Gasteiger partial charge >= 0.3 is 29.8 Å². The molecule has 1 atom stereocenters. The number of rotatable bonds is 36. The number of allylic oxidation sites excluding steroid dienone is 2. The Bertz CT molecular complexity index is 966.